The molecule has 1 aliphatic rings. The van der Waals surface area contributed by atoms with Gasteiger partial charge < -0.3 is 4.90 Å². The maximum absolute atomic E-state index is 2.43. The Morgan fingerprint density at radius 3 is 2.75 bits per heavy atom. The summed E-state index contributed by atoms with van der Waals surface area (Å²) in [6.45, 7) is 7.02. The van der Waals surface area contributed by atoms with Gasteiger partial charge in [0.25, 0.3) is 0 Å². The molecule has 0 spiro atoms. The van der Waals surface area contributed by atoms with Gasteiger partial charge in [-0.25, -0.2) is 0 Å². The number of allylic oxidation sites excluding steroid dienone is 1. The second kappa shape index (κ2) is 4.66. The smallest absolute Gasteiger partial charge is 0.00413 e. The van der Waals surface area contributed by atoms with Gasteiger partial charge in [-0.05, 0) is 38.3 Å². The van der Waals surface area contributed by atoms with E-state index in [0.717, 1.165) is 5.92 Å². The van der Waals surface area contributed by atoms with Crippen LogP contribution >= 0.6 is 0 Å². The molecule has 1 aliphatic heterocycles. The highest BCUT2D eigenvalue weighted by atomic mass is 15.1. The molecule has 0 bridgehead atoms. The van der Waals surface area contributed by atoms with E-state index in [-0.39, 0.29) is 0 Å². The lowest BCUT2D eigenvalue weighted by Crippen LogP contribution is -2.31. The number of hydrogen-bond donors (Lipinski definition) is 0. The summed E-state index contributed by atoms with van der Waals surface area (Å²) in [5, 5.41) is 0. The van der Waals surface area contributed by atoms with E-state index in [4.69, 9.17) is 0 Å². The van der Waals surface area contributed by atoms with Gasteiger partial charge in [-0.2, -0.15) is 0 Å². The molecular weight excluding hydrogens is 146 g/mol. The van der Waals surface area contributed by atoms with Crippen LogP contribution in [0.1, 0.15) is 26.7 Å². The lowest BCUT2D eigenvalue weighted by atomic mass is 9.97. The van der Waals surface area contributed by atoms with Gasteiger partial charge in [0.15, 0.2) is 0 Å². The standard InChI is InChI=1S/C11H21N/c1-10(2)6-7-11-5-4-8-12(3)9-11/h6-7,10-11H,4-5,8-9H2,1-3H3/b7-6+. The zero-order chi connectivity index (χ0) is 8.97. The van der Waals surface area contributed by atoms with E-state index in [2.05, 4.69) is 37.9 Å². The Hall–Kier alpha value is -0.300. The Bertz CT molecular complexity index is 149. The zero-order valence-electron chi connectivity index (χ0n) is 8.59. The number of hydrogen-bond acceptors (Lipinski definition) is 1. The molecule has 0 aromatic heterocycles. The van der Waals surface area contributed by atoms with Crippen LogP contribution in [0.4, 0.5) is 0 Å². The molecule has 0 amide bonds. The van der Waals surface area contributed by atoms with Crippen molar-refractivity contribution in [2.45, 2.75) is 26.7 Å². The maximum Gasteiger partial charge on any atom is 0.00413 e. The molecule has 1 rings (SSSR count). The van der Waals surface area contributed by atoms with Crippen LogP contribution in [-0.4, -0.2) is 25.0 Å². The van der Waals surface area contributed by atoms with Crippen LogP contribution < -0.4 is 0 Å². The molecule has 0 saturated carbocycles. The Balaban J connectivity index is 2.31. The summed E-state index contributed by atoms with van der Waals surface area (Å²) in [4.78, 5) is 2.43. The first-order chi connectivity index (χ1) is 5.68. The van der Waals surface area contributed by atoms with Crippen LogP contribution in [0.3, 0.4) is 0 Å². The van der Waals surface area contributed by atoms with E-state index in [0.29, 0.717) is 5.92 Å². The van der Waals surface area contributed by atoms with E-state index in [9.17, 15) is 0 Å². The SMILES string of the molecule is CC(C)/C=C/C1CCCN(C)C1. The largest absolute Gasteiger partial charge is 0.306 e. The minimum Gasteiger partial charge on any atom is -0.306 e. The van der Waals surface area contributed by atoms with Crippen molar-refractivity contribution in [3.63, 3.8) is 0 Å². The molecule has 0 aromatic rings. The second-order valence-corrected chi connectivity index (χ2v) is 4.29. The molecule has 0 N–H and O–H groups in total. The van der Waals surface area contributed by atoms with Crippen molar-refractivity contribution >= 4 is 0 Å². The first-order valence-electron chi connectivity index (χ1n) is 5.05. The van der Waals surface area contributed by atoms with Gasteiger partial charge in [0.2, 0.25) is 0 Å². The van der Waals surface area contributed by atoms with Gasteiger partial charge in [0.05, 0.1) is 0 Å². The second-order valence-electron chi connectivity index (χ2n) is 4.29. The number of nitrogens with zero attached hydrogens (tertiary/aromatic N) is 1. The van der Waals surface area contributed by atoms with Crippen molar-refractivity contribution in [3.05, 3.63) is 12.2 Å². The van der Waals surface area contributed by atoms with Gasteiger partial charge in [-0.15, -0.1) is 0 Å². The molecule has 0 radical (unpaired) electrons. The molecule has 1 unspecified atom stereocenters. The fraction of sp³-hybridized carbons (Fsp3) is 0.818. The fourth-order valence-corrected chi connectivity index (χ4v) is 1.74. The maximum atomic E-state index is 2.43. The van der Waals surface area contributed by atoms with Crippen molar-refractivity contribution < 1.29 is 0 Å². The molecule has 1 heteroatoms. The fourth-order valence-electron chi connectivity index (χ4n) is 1.74. The molecule has 1 fully saturated rings. The van der Waals surface area contributed by atoms with Gasteiger partial charge >= 0.3 is 0 Å². The summed E-state index contributed by atoms with van der Waals surface area (Å²) < 4.78 is 0. The topological polar surface area (TPSA) is 3.24 Å². The minimum atomic E-state index is 0.706. The van der Waals surface area contributed by atoms with Crippen molar-refractivity contribution in [3.8, 4) is 0 Å². The van der Waals surface area contributed by atoms with Gasteiger partial charge in [-0.1, -0.05) is 26.0 Å². The van der Waals surface area contributed by atoms with Crippen LogP contribution in [0.15, 0.2) is 12.2 Å². The lowest BCUT2D eigenvalue weighted by Gasteiger charge is -2.27. The van der Waals surface area contributed by atoms with Crippen LogP contribution in [0.2, 0.25) is 0 Å². The van der Waals surface area contributed by atoms with E-state index < -0.39 is 0 Å². The molecule has 0 aromatic carbocycles. The first kappa shape index (κ1) is 9.79. The third-order valence-corrected chi connectivity index (χ3v) is 2.43. The first-order valence-corrected chi connectivity index (χ1v) is 5.05. The normalized spacial score (nSPS) is 27.2. The zero-order valence-corrected chi connectivity index (χ0v) is 8.59. The summed E-state index contributed by atoms with van der Waals surface area (Å²) >= 11 is 0. The van der Waals surface area contributed by atoms with E-state index in [1.165, 1.54) is 25.9 Å². The molecule has 70 valence electrons. The molecule has 1 atom stereocenters. The van der Waals surface area contributed by atoms with E-state index in [1.54, 1.807) is 0 Å². The monoisotopic (exact) mass is 167 g/mol. The minimum absolute atomic E-state index is 0.706. The summed E-state index contributed by atoms with van der Waals surface area (Å²) in [5.74, 6) is 1.52. The van der Waals surface area contributed by atoms with Crippen molar-refractivity contribution in [2.75, 3.05) is 20.1 Å². The number of rotatable bonds is 2. The Kier molecular flexibility index (Phi) is 3.80. The van der Waals surface area contributed by atoms with Gasteiger partial charge in [0, 0.05) is 6.54 Å². The average molecular weight is 167 g/mol. The molecule has 1 heterocycles. The summed E-state index contributed by atoms with van der Waals surface area (Å²) in [5.41, 5.74) is 0. The lowest BCUT2D eigenvalue weighted by molar-refractivity contribution is 0.237. The predicted octanol–water partition coefficient (Wildman–Crippen LogP) is 2.54. The number of likely N-dealkylation sites (tertiary alicyclic amines) is 1. The Morgan fingerprint density at radius 1 is 1.42 bits per heavy atom. The van der Waals surface area contributed by atoms with Crippen molar-refractivity contribution in [2.24, 2.45) is 11.8 Å². The summed E-state index contributed by atoms with van der Waals surface area (Å²) in [7, 11) is 2.22. The molecule has 12 heavy (non-hydrogen) atoms. The van der Waals surface area contributed by atoms with Crippen LogP contribution in [0, 0.1) is 11.8 Å². The number of piperidine rings is 1. The Morgan fingerprint density at radius 2 is 2.17 bits per heavy atom. The molecule has 1 saturated heterocycles. The quantitative estimate of drug-likeness (QED) is 0.571. The molecule has 1 nitrogen and oxygen atoms in total. The highest BCUT2D eigenvalue weighted by Crippen LogP contribution is 2.16. The van der Waals surface area contributed by atoms with Gasteiger partial charge in [-0.3, -0.25) is 0 Å². The molecule has 0 aliphatic carbocycles. The van der Waals surface area contributed by atoms with Gasteiger partial charge in [0.1, 0.15) is 0 Å². The average Bonchev–Trinajstić information content (AvgIpc) is 2.01. The van der Waals surface area contributed by atoms with Crippen molar-refractivity contribution in [1.82, 2.24) is 4.90 Å². The third-order valence-electron chi connectivity index (χ3n) is 2.43. The highest BCUT2D eigenvalue weighted by Gasteiger charge is 2.13. The van der Waals surface area contributed by atoms with Crippen LogP contribution in [-0.2, 0) is 0 Å². The van der Waals surface area contributed by atoms with Crippen LogP contribution in [0.25, 0.3) is 0 Å². The Labute approximate surface area is 76.5 Å². The van der Waals surface area contributed by atoms with Crippen LogP contribution in [0.5, 0.6) is 0 Å². The third kappa shape index (κ3) is 3.40. The molecular formula is C11H21N. The highest BCUT2D eigenvalue weighted by molar-refractivity contribution is 4.92. The van der Waals surface area contributed by atoms with Crippen molar-refractivity contribution in [1.29, 1.82) is 0 Å². The summed E-state index contributed by atoms with van der Waals surface area (Å²) in [6, 6.07) is 0. The summed E-state index contributed by atoms with van der Waals surface area (Å²) in [6.07, 6.45) is 7.49. The van der Waals surface area contributed by atoms with E-state index >= 15 is 0 Å². The van der Waals surface area contributed by atoms with E-state index in [1.807, 2.05) is 0 Å². The predicted molar refractivity (Wildman–Crippen MR) is 54.2 cm³/mol.